The van der Waals surface area contributed by atoms with Crippen molar-refractivity contribution in [1.82, 2.24) is 5.32 Å². The fourth-order valence-corrected chi connectivity index (χ4v) is 0.820. The van der Waals surface area contributed by atoms with Crippen LogP contribution in [0.15, 0.2) is 0 Å². The average Bonchev–Trinajstić information content (AvgIpc) is 2.01. The van der Waals surface area contributed by atoms with Crippen molar-refractivity contribution < 1.29 is 9.47 Å². The van der Waals surface area contributed by atoms with Crippen LogP contribution in [0, 0.1) is 6.92 Å². The van der Waals surface area contributed by atoms with Crippen molar-refractivity contribution in [3.8, 4) is 0 Å². The van der Waals surface area contributed by atoms with E-state index in [2.05, 4.69) is 33.0 Å². The van der Waals surface area contributed by atoms with Crippen molar-refractivity contribution in [2.75, 3.05) is 33.0 Å². The van der Waals surface area contributed by atoms with E-state index in [9.17, 15) is 0 Å². The predicted octanol–water partition coefficient (Wildman–Crippen LogP) is 1.24. The Hall–Kier alpha value is -0.120. The van der Waals surface area contributed by atoms with Gasteiger partial charge in [-0.25, -0.2) is 0 Å². The number of ether oxygens (including phenoxy) is 2. The fraction of sp³-hybridized carbons (Fsp3) is 0.900. The SMILES string of the molecule is [CH2]COCCOCCNC(C)(C)C. The Morgan fingerprint density at radius 1 is 1.08 bits per heavy atom. The van der Waals surface area contributed by atoms with Gasteiger partial charge >= 0.3 is 0 Å². The highest BCUT2D eigenvalue weighted by atomic mass is 16.5. The van der Waals surface area contributed by atoms with E-state index in [1.807, 2.05) is 0 Å². The van der Waals surface area contributed by atoms with E-state index >= 15 is 0 Å². The Balaban J connectivity index is 3.00. The maximum Gasteiger partial charge on any atom is 0.0701 e. The lowest BCUT2D eigenvalue weighted by Crippen LogP contribution is -2.38. The van der Waals surface area contributed by atoms with Gasteiger partial charge in [-0.15, -0.1) is 0 Å². The first kappa shape index (κ1) is 12.9. The number of hydrogen-bond donors (Lipinski definition) is 1. The average molecular weight is 188 g/mol. The first-order chi connectivity index (χ1) is 6.06. The van der Waals surface area contributed by atoms with E-state index in [0.717, 1.165) is 13.2 Å². The number of rotatable bonds is 7. The molecule has 0 aromatic rings. The smallest absolute Gasteiger partial charge is 0.0701 e. The van der Waals surface area contributed by atoms with Gasteiger partial charge in [0.2, 0.25) is 0 Å². The highest BCUT2D eigenvalue weighted by Gasteiger charge is 2.06. The lowest BCUT2D eigenvalue weighted by molar-refractivity contribution is 0.0574. The second-order valence-electron chi connectivity index (χ2n) is 3.90. The summed E-state index contributed by atoms with van der Waals surface area (Å²) in [5.41, 5.74) is 0.174. The summed E-state index contributed by atoms with van der Waals surface area (Å²) in [7, 11) is 0. The van der Waals surface area contributed by atoms with Crippen molar-refractivity contribution in [3.63, 3.8) is 0 Å². The van der Waals surface area contributed by atoms with Crippen LogP contribution in [0.25, 0.3) is 0 Å². The van der Waals surface area contributed by atoms with Gasteiger partial charge in [-0.05, 0) is 27.7 Å². The Morgan fingerprint density at radius 3 is 2.23 bits per heavy atom. The molecule has 0 rings (SSSR count). The first-order valence-corrected chi connectivity index (χ1v) is 4.76. The topological polar surface area (TPSA) is 30.5 Å². The van der Waals surface area contributed by atoms with Crippen LogP contribution in [-0.4, -0.2) is 38.5 Å². The molecule has 3 heteroatoms. The van der Waals surface area contributed by atoms with Gasteiger partial charge in [0.1, 0.15) is 0 Å². The van der Waals surface area contributed by atoms with Gasteiger partial charge in [-0.1, -0.05) is 0 Å². The maximum atomic E-state index is 5.32. The zero-order chi connectivity index (χ0) is 10.2. The summed E-state index contributed by atoms with van der Waals surface area (Å²) in [5, 5.41) is 3.33. The summed E-state index contributed by atoms with van der Waals surface area (Å²) < 4.78 is 10.3. The lowest BCUT2D eigenvalue weighted by Gasteiger charge is -2.20. The molecule has 0 atom stereocenters. The first-order valence-electron chi connectivity index (χ1n) is 4.76. The largest absolute Gasteiger partial charge is 0.379 e. The molecule has 0 unspecified atom stereocenters. The molecular weight excluding hydrogens is 166 g/mol. The third kappa shape index (κ3) is 11.9. The predicted molar refractivity (Wildman–Crippen MR) is 54.8 cm³/mol. The van der Waals surface area contributed by atoms with E-state index < -0.39 is 0 Å². The highest BCUT2D eigenvalue weighted by molar-refractivity contribution is 4.69. The minimum Gasteiger partial charge on any atom is -0.379 e. The molecule has 0 saturated carbocycles. The summed E-state index contributed by atoms with van der Waals surface area (Å²) >= 11 is 0. The van der Waals surface area contributed by atoms with Crippen LogP contribution in [0.2, 0.25) is 0 Å². The molecule has 0 fully saturated rings. The van der Waals surface area contributed by atoms with Gasteiger partial charge in [0.25, 0.3) is 0 Å². The minimum absolute atomic E-state index is 0.174. The monoisotopic (exact) mass is 188 g/mol. The Kier molecular flexibility index (Phi) is 7.23. The van der Waals surface area contributed by atoms with Crippen LogP contribution in [0.1, 0.15) is 20.8 Å². The normalized spacial score (nSPS) is 12.0. The number of nitrogens with one attached hydrogen (secondary N) is 1. The second-order valence-corrected chi connectivity index (χ2v) is 3.90. The molecule has 0 aromatic heterocycles. The maximum absolute atomic E-state index is 5.32. The molecule has 13 heavy (non-hydrogen) atoms. The quantitative estimate of drug-likeness (QED) is 0.610. The Bertz CT molecular complexity index is 110. The number of hydrogen-bond acceptors (Lipinski definition) is 3. The third-order valence-corrected chi connectivity index (χ3v) is 1.42. The summed E-state index contributed by atoms with van der Waals surface area (Å²) in [5.74, 6) is 0. The highest BCUT2D eigenvalue weighted by Crippen LogP contribution is 1.96. The summed E-state index contributed by atoms with van der Waals surface area (Å²) in [4.78, 5) is 0. The molecule has 0 saturated heterocycles. The zero-order valence-corrected chi connectivity index (χ0v) is 9.06. The third-order valence-electron chi connectivity index (χ3n) is 1.42. The van der Waals surface area contributed by atoms with Gasteiger partial charge in [0, 0.05) is 18.7 Å². The Labute approximate surface area is 81.8 Å². The summed E-state index contributed by atoms with van der Waals surface area (Å²) in [6.45, 7) is 13.4. The standard InChI is InChI=1S/C10H22NO2/c1-5-12-8-9-13-7-6-11-10(2,3)4/h11H,1,5-9H2,2-4H3. The molecule has 79 valence electrons. The van der Waals surface area contributed by atoms with E-state index in [4.69, 9.17) is 9.47 Å². The van der Waals surface area contributed by atoms with E-state index in [-0.39, 0.29) is 5.54 Å². The molecule has 0 aliphatic heterocycles. The van der Waals surface area contributed by atoms with Crippen LogP contribution >= 0.6 is 0 Å². The minimum atomic E-state index is 0.174. The van der Waals surface area contributed by atoms with Crippen molar-refractivity contribution in [3.05, 3.63) is 6.92 Å². The van der Waals surface area contributed by atoms with Crippen LogP contribution in [-0.2, 0) is 9.47 Å². The molecule has 0 amide bonds. The lowest BCUT2D eigenvalue weighted by atomic mass is 10.1. The molecule has 1 N–H and O–H groups in total. The van der Waals surface area contributed by atoms with Crippen molar-refractivity contribution in [1.29, 1.82) is 0 Å². The Morgan fingerprint density at radius 2 is 1.69 bits per heavy atom. The molecule has 0 spiro atoms. The van der Waals surface area contributed by atoms with Gasteiger partial charge < -0.3 is 14.8 Å². The van der Waals surface area contributed by atoms with Gasteiger partial charge in [-0.3, -0.25) is 0 Å². The molecule has 0 heterocycles. The van der Waals surface area contributed by atoms with Gasteiger partial charge in [0.05, 0.1) is 19.8 Å². The van der Waals surface area contributed by atoms with Crippen molar-refractivity contribution in [2.24, 2.45) is 0 Å². The molecule has 0 aromatic carbocycles. The molecule has 3 nitrogen and oxygen atoms in total. The van der Waals surface area contributed by atoms with E-state index in [0.29, 0.717) is 19.8 Å². The van der Waals surface area contributed by atoms with Crippen LogP contribution < -0.4 is 5.32 Å². The van der Waals surface area contributed by atoms with Crippen LogP contribution in [0.5, 0.6) is 0 Å². The van der Waals surface area contributed by atoms with Crippen LogP contribution in [0.4, 0.5) is 0 Å². The fourth-order valence-electron chi connectivity index (χ4n) is 0.820. The van der Waals surface area contributed by atoms with E-state index in [1.165, 1.54) is 0 Å². The molecular formula is C10H22NO2. The second kappa shape index (κ2) is 7.30. The molecule has 0 aliphatic carbocycles. The molecule has 0 aliphatic rings. The van der Waals surface area contributed by atoms with Gasteiger partial charge in [0.15, 0.2) is 0 Å². The molecule has 0 bridgehead atoms. The summed E-state index contributed by atoms with van der Waals surface area (Å²) in [6.07, 6.45) is 0. The van der Waals surface area contributed by atoms with Crippen molar-refractivity contribution >= 4 is 0 Å². The van der Waals surface area contributed by atoms with E-state index in [1.54, 1.807) is 0 Å². The summed E-state index contributed by atoms with van der Waals surface area (Å²) in [6, 6.07) is 0. The molecule has 1 radical (unpaired) electrons. The van der Waals surface area contributed by atoms with Gasteiger partial charge in [-0.2, -0.15) is 0 Å². The van der Waals surface area contributed by atoms with Crippen molar-refractivity contribution in [2.45, 2.75) is 26.3 Å². The van der Waals surface area contributed by atoms with Crippen LogP contribution in [0.3, 0.4) is 0 Å². The zero-order valence-electron chi connectivity index (χ0n) is 9.06.